The number of nitrogen functional groups attached to an aromatic ring is 1. The van der Waals surface area contributed by atoms with E-state index in [-0.39, 0.29) is 10.8 Å². The van der Waals surface area contributed by atoms with E-state index in [1.54, 1.807) is 0 Å². The highest BCUT2D eigenvalue weighted by Crippen LogP contribution is 2.35. The van der Waals surface area contributed by atoms with Gasteiger partial charge in [-0.2, -0.15) is 0 Å². The third-order valence-corrected chi connectivity index (χ3v) is 3.54. The topological polar surface area (TPSA) is 26.0 Å². The number of halogens is 2. The van der Waals surface area contributed by atoms with E-state index >= 15 is 0 Å². The maximum Gasteiger partial charge on any atom is 0.125 e. The van der Waals surface area contributed by atoms with Gasteiger partial charge in [-0.1, -0.05) is 23.7 Å². The van der Waals surface area contributed by atoms with Crippen LogP contribution in [0.5, 0.6) is 0 Å². The number of benzene rings is 2. The van der Waals surface area contributed by atoms with Crippen molar-refractivity contribution in [1.29, 1.82) is 0 Å². The van der Waals surface area contributed by atoms with Crippen molar-refractivity contribution in [3.63, 3.8) is 0 Å². The molecule has 0 bridgehead atoms. The zero-order valence-corrected chi connectivity index (χ0v) is 11.4. The zero-order chi connectivity index (χ0) is 13.4. The Morgan fingerprint density at radius 2 is 1.50 bits per heavy atom. The van der Waals surface area contributed by atoms with E-state index < -0.39 is 0 Å². The number of hydrogen-bond acceptors (Lipinski definition) is 1. The first-order valence-corrected chi connectivity index (χ1v) is 6.10. The van der Waals surface area contributed by atoms with Gasteiger partial charge in [-0.25, -0.2) is 4.39 Å². The van der Waals surface area contributed by atoms with Crippen molar-refractivity contribution in [2.75, 3.05) is 5.73 Å². The van der Waals surface area contributed by atoms with Crippen molar-refractivity contribution in [3.8, 4) is 11.1 Å². The number of rotatable bonds is 1. The van der Waals surface area contributed by atoms with Crippen LogP contribution in [0.4, 0.5) is 10.1 Å². The van der Waals surface area contributed by atoms with Crippen LogP contribution in [-0.2, 0) is 0 Å². The van der Waals surface area contributed by atoms with E-state index in [9.17, 15) is 4.39 Å². The molecule has 18 heavy (non-hydrogen) atoms. The average molecular weight is 264 g/mol. The molecule has 0 heterocycles. The molecule has 0 radical (unpaired) electrons. The molecule has 0 aromatic heterocycles. The molecule has 0 spiro atoms. The van der Waals surface area contributed by atoms with Gasteiger partial charge in [-0.15, -0.1) is 0 Å². The Labute approximate surface area is 111 Å². The molecule has 2 rings (SSSR count). The molecule has 0 aliphatic heterocycles. The molecule has 0 aliphatic carbocycles. The second kappa shape index (κ2) is 4.62. The second-order valence-corrected chi connectivity index (χ2v) is 5.01. The van der Waals surface area contributed by atoms with Crippen LogP contribution < -0.4 is 5.73 Å². The van der Waals surface area contributed by atoms with Gasteiger partial charge < -0.3 is 5.73 Å². The molecule has 0 fully saturated rings. The molecular formula is C15H15ClFN. The molecular weight excluding hydrogens is 249 g/mol. The average Bonchev–Trinajstić information content (AvgIpc) is 2.29. The summed E-state index contributed by atoms with van der Waals surface area (Å²) in [6.07, 6.45) is 0. The van der Waals surface area contributed by atoms with E-state index in [0.717, 1.165) is 16.7 Å². The summed E-state index contributed by atoms with van der Waals surface area (Å²) in [6.45, 7) is 6.06. The maximum absolute atomic E-state index is 13.5. The molecule has 2 aromatic carbocycles. The molecule has 2 N–H and O–H groups in total. The Morgan fingerprint density at radius 3 is 2.17 bits per heavy atom. The molecule has 94 valence electrons. The van der Waals surface area contributed by atoms with Crippen LogP contribution >= 0.6 is 11.6 Å². The van der Waals surface area contributed by atoms with Gasteiger partial charge in [0.05, 0.1) is 10.7 Å². The van der Waals surface area contributed by atoms with Crippen LogP contribution in [0.15, 0.2) is 24.3 Å². The van der Waals surface area contributed by atoms with Gasteiger partial charge in [-0.3, -0.25) is 0 Å². The van der Waals surface area contributed by atoms with Gasteiger partial charge in [0.2, 0.25) is 0 Å². The molecule has 0 saturated carbocycles. The minimum atomic E-state index is -0.373. The van der Waals surface area contributed by atoms with Crippen molar-refractivity contribution in [2.45, 2.75) is 20.8 Å². The molecule has 1 nitrogen and oxygen atoms in total. The molecule has 0 atom stereocenters. The predicted molar refractivity (Wildman–Crippen MR) is 75.5 cm³/mol. The summed E-state index contributed by atoms with van der Waals surface area (Å²) in [5, 5.41) is 0.252. The Bertz CT molecular complexity index is 620. The van der Waals surface area contributed by atoms with E-state index in [1.807, 2.05) is 26.8 Å². The van der Waals surface area contributed by atoms with E-state index in [4.69, 9.17) is 17.3 Å². The standard InChI is InChI=1S/C15H15ClFN/c1-8-4-10(3)12(5-9(8)2)13-6-11(17)7-14(16)15(13)18/h4-7H,18H2,1-3H3. The monoisotopic (exact) mass is 263 g/mol. The van der Waals surface area contributed by atoms with Crippen LogP contribution in [0.2, 0.25) is 5.02 Å². The molecule has 3 heteroatoms. The lowest BCUT2D eigenvalue weighted by Crippen LogP contribution is -1.96. The van der Waals surface area contributed by atoms with Crippen LogP contribution in [0.25, 0.3) is 11.1 Å². The maximum atomic E-state index is 13.5. The van der Waals surface area contributed by atoms with Gasteiger partial charge in [0.1, 0.15) is 5.82 Å². The lowest BCUT2D eigenvalue weighted by atomic mass is 9.94. The second-order valence-electron chi connectivity index (χ2n) is 4.60. The summed E-state index contributed by atoms with van der Waals surface area (Å²) in [5.41, 5.74) is 11.4. The molecule has 0 amide bonds. The summed E-state index contributed by atoms with van der Waals surface area (Å²) < 4.78 is 13.5. The van der Waals surface area contributed by atoms with E-state index in [0.29, 0.717) is 11.3 Å². The van der Waals surface area contributed by atoms with Crippen molar-refractivity contribution < 1.29 is 4.39 Å². The van der Waals surface area contributed by atoms with Gasteiger partial charge in [-0.05, 0) is 55.2 Å². The molecule has 0 saturated heterocycles. The first-order chi connectivity index (χ1) is 8.40. The number of hydrogen-bond donors (Lipinski definition) is 1. The van der Waals surface area contributed by atoms with Crippen molar-refractivity contribution in [2.24, 2.45) is 0 Å². The number of nitrogens with two attached hydrogens (primary N) is 1. The highest BCUT2D eigenvalue weighted by molar-refractivity contribution is 6.33. The minimum absolute atomic E-state index is 0.252. The van der Waals surface area contributed by atoms with Crippen molar-refractivity contribution >= 4 is 17.3 Å². The van der Waals surface area contributed by atoms with Crippen LogP contribution in [0.3, 0.4) is 0 Å². The molecule has 2 aromatic rings. The van der Waals surface area contributed by atoms with Gasteiger partial charge in [0.15, 0.2) is 0 Å². The molecule has 0 aliphatic rings. The number of anilines is 1. The Hall–Kier alpha value is -1.54. The zero-order valence-electron chi connectivity index (χ0n) is 10.6. The largest absolute Gasteiger partial charge is 0.397 e. The van der Waals surface area contributed by atoms with Gasteiger partial charge in [0, 0.05) is 5.56 Å². The Morgan fingerprint density at radius 1 is 0.889 bits per heavy atom. The first-order valence-electron chi connectivity index (χ1n) is 5.73. The van der Waals surface area contributed by atoms with E-state index in [2.05, 4.69) is 6.07 Å². The number of aryl methyl sites for hydroxylation is 3. The lowest BCUT2D eigenvalue weighted by molar-refractivity contribution is 0.628. The van der Waals surface area contributed by atoms with Crippen LogP contribution in [0.1, 0.15) is 16.7 Å². The summed E-state index contributed by atoms with van der Waals surface area (Å²) in [7, 11) is 0. The quantitative estimate of drug-likeness (QED) is 0.745. The summed E-state index contributed by atoms with van der Waals surface area (Å²) >= 11 is 5.93. The first kappa shape index (κ1) is 12.9. The highest BCUT2D eigenvalue weighted by Gasteiger charge is 2.12. The van der Waals surface area contributed by atoms with Crippen LogP contribution in [-0.4, -0.2) is 0 Å². The summed E-state index contributed by atoms with van der Waals surface area (Å²) in [4.78, 5) is 0. The minimum Gasteiger partial charge on any atom is -0.397 e. The highest BCUT2D eigenvalue weighted by atomic mass is 35.5. The summed E-state index contributed by atoms with van der Waals surface area (Å²) in [5.74, 6) is -0.373. The van der Waals surface area contributed by atoms with Crippen LogP contribution in [0, 0.1) is 26.6 Å². The predicted octanol–water partition coefficient (Wildman–Crippen LogP) is 4.65. The fourth-order valence-electron chi connectivity index (χ4n) is 2.06. The third-order valence-electron chi connectivity index (χ3n) is 3.23. The fraction of sp³-hybridized carbons (Fsp3) is 0.200. The Balaban J connectivity index is 2.73. The lowest BCUT2D eigenvalue weighted by Gasteiger charge is -2.13. The SMILES string of the molecule is Cc1cc(C)c(-c2cc(F)cc(Cl)c2N)cc1C. The normalized spacial score (nSPS) is 10.7. The summed E-state index contributed by atoms with van der Waals surface area (Å²) in [6, 6.07) is 6.75. The fourth-order valence-corrected chi connectivity index (χ4v) is 2.26. The third kappa shape index (κ3) is 2.21. The van der Waals surface area contributed by atoms with Crippen molar-refractivity contribution in [1.82, 2.24) is 0 Å². The van der Waals surface area contributed by atoms with E-state index in [1.165, 1.54) is 17.7 Å². The van der Waals surface area contributed by atoms with Gasteiger partial charge in [0.25, 0.3) is 0 Å². The van der Waals surface area contributed by atoms with Crippen molar-refractivity contribution in [3.05, 3.63) is 51.8 Å². The smallest absolute Gasteiger partial charge is 0.125 e. The Kier molecular flexibility index (Phi) is 3.31. The molecule has 0 unspecified atom stereocenters. The van der Waals surface area contributed by atoms with Gasteiger partial charge >= 0.3 is 0 Å².